The van der Waals surface area contributed by atoms with Crippen molar-refractivity contribution >= 4 is 17.5 Å². The maximum Gasteiger partial charge on any atom is 0.255 e. The Hall–Kier alpha value is -3.91. The summed E-state index contributed by atoms with van der Waals surface area (Å²) in [5, 5.41) is 11.8. The number of nitrogens with one attached hydrogen (secondary N) is 1. The Morgan fingerprint density at radius 1 is 0.897 bits per heavy atom. The van der Waals surface area contributed by atoms with E-state index >= 15 is 0 Å². The Kier molecular flexibility index (Phi) is 5.08. The van der Waals surface area contributed by atoms with Gasteiger partial charge in [0.15, 0.2) is 0 Å². The van der Waals surface area contributed by atoms with Crippen molar-refractivity contribution < 1.29 is 9.59 Å². The highest BCUT2D eigenvalue weighted by Crippen LogP contribution is 2.24. The lowest BCUT2D eigenvalue weighted by molar-refractivity contribution is 0.0734. The first-order valence-electron chi connectivity index (χ1n) is 9.42. The lowest BCUT2D eigenvalue weighted by Gasteiger charge is -2.29. The maximum atomic E-state index is 12.7. The smallest absolute Gasteiger partial charge is 0.255 e. The number of rotatable bonds is 3. The molecule has 3 aromatic carbocycles. The molecule has 1 aliphatic rings. The Bertz CT molecular complexity index is 1100. The van der Waals surface area contributed by atoms with E-state index in [1.54, 1.807) is 24.3 Å². The molecule has 3 aromatic rings. The molecule has 142 valence electrons. The van der Waals surface area contributed by atoms with Crippen molar-refractivity contribution in [3.8, 4) is 6.07 Å². The van der Waals surface area contributed by atoms with Crippen LogP contribution in [0, 0.1) is 11.3 Å². The van der Waals surface area contributed by atoms with Gasteiger partial charge in [0, 0.05) is 29.9 Å². The van der Waals surface area contributed by atoms with Crippen molar-refractivity contribution in [3.63, 3.8) is 0 Å². The molecule has 0 unspecified atom stereocenters. The highest BCUT2D eigenvalue weighted by molar-refractivity contribution is 6.04. The summed E-state index contributed by atoms with van der Waals surface area (Å²) in [4.78, 5) is 27.1. The van der Waals surface area contributed by atoms with Crippen molar-refractivity contribution in [2.45, 2.75) is 13.0 Å². The molecule has 1 N–H and O–H groups in total. The van der Waals surface area contributed by atoms with Crippen LogP contribution in [0.2, 0.25) is 0 Å². The number of benzene rings is 3. The van der Waals surface area contributed by atoms with Crippen molar-refractivity contribution in [1.29, 1.82) is 5.26 Å². The Morgan fingerprint density at radius 3 is 2.38 bits per heavy atom. The molecule has 4 rings (SSSR count). The van der Waals surface area contributed by atoms with Crippen LogP contribution in [0.25, 0.3) is 0 Å². The predicted molar refractivity (Wildman–Crippen MR) is 110 cm³/mol. The number of nitrogens with zero attached hydrogens (tertiary/aromatic N) is 2. The van der Waals surface area contributed by atoms with E-state index in [2.05, 4.69) is 5.32 Å². The van der Waals surface area contributed by atoms with Gasteiger partial charge in [-0.1, -0.05) is 24.3 Å². The lowest BCUT2D eigenvalue weighted by atomic mass is 9.98. The molecular weight excluding hydrogens is 362 g/mol. The minimum absolute atomic E-state index is 0.0169. The molecule has 0 radical (unpaired) electrons. The van der Waals surface area contributed by atoms with Crippen LogP contribution in [-0.2, 0) is 13.0 Å². The minimum atomic E-state index is -0.234. The van der Waals surface area contributed by atoms with Gasteiger partial charge >= 0.3 is 0 Å². The van der Waals surface area contributed by atoms with Gasteiger partial charge < -0.3 is 10.2 Å². The largest absolute Gasteiger partial charge is 0.334 e. The van der Waals surface area contributed by atoms with Crippen LogP contribution < -0.4 is 5.32 Å². The van der Waals surface area contributed by atoms with Crippen molar-refractivity contribution in [3.05, 3.63) is 101 Å². The van der Waals surface area contributed by atoms with E-state index in [-0.39, 0.29) is 11.8 Å². The summed E-state index contributed by atoms with van der Waals surface area (Å²) < 4.78 is 0. The van der Waals surface area contributed by atoms with Gasteiger partial charge in [0.1, 0.15) is 0 Å². The van der Waals surface area contributed by atoms with Gasteiger partial charge in [0.25, 0.3) is 11.8 Å². The van der Waals surface area contributed by atoms with Gasteiger partial charge in [-0.3, -0.25) is 9.59 Å². The van der Waals surface area contributed by atoms with E-state index in [1.165, 1.54) is 5.56 Å². The number of carbonyl (C=O) groups excluding carboxylic acids is 2. The number of hydrogen-bond acceptors (Lipinski definition) is 3. The molecule has 29 heavy (non-hydrogen) atoms. The van der Waals surface area contributed by atoms with Crippen molar-refractivity contribution in [1.82, 2.24) is 4.90 Å². The number of amides is 2. The molecule has 0 bridgehead atoms. The zero-order valence-electron chi connectivity index (χ0n) is 15.8. The summed E-state index contributed by atoms with van der Waals surface area (Å²) in [5.41, 5.74) is 4.60. The average Bonchev–Trinajstić information content (AvgIpc) is 2.78. The summed E-state index contributed by atoms with van der Waals surface area (Å²) in [5.74, 6) is -0.217. The summed E-state index contributed by atoms with van der Waals surface area (Å²) in [6.45, 7) is 1.20. The summed E-state index contributed by atoms with van der Waals surface area (Å²) in [6.07, 6.45) is 0.789. The van der Waals surface area contributed by atoms with Crippen LogP contribution in [-0.4, -0.2) is 23.3 Å². The van der Waals surface area contributed by atoms with E-state index in [4.69, 9.17) is 5.26 Å². The Morgan fingerprint density at radius 2 is 1.66 bits per heavy atom. The van der Waals surface area contributed by atoms with Crippen LogP contribution in [0.15, 0.2) is 72.8 Å². The second-order valence-electron chi connectivity index (χ2n) is 6.97. The van der Waals surface area contributed by atoms with Gasteiger partial charge in [0.05, 0.1) is 11.6 Å². The monoisotopic (exact) mass is 381 g/mol. The molecule has 5 heteroatoms. The third-order valence-corrected chi connectivity index (χ3v) is 5.06. The predicted octanol–water partition coefficient (Wildman–Crippen LogP) is 4.01. The topological polar surface area (TPSA) is 73.2 Å². The molecule has 0 fully saturated rings. The van der Waals surface area contributed by atoms with Gasteiger partial charge in [-0.05, 0) is 66.1 Å². The van der Waals surface area contributed by atoms with E-state index in [0.717, 1.165) is 12.0 Å². The zero-order chi connectivity index (χ0) is 20.2. The fourth-order valence-corrected chi connectivity index (χ4v) is 3.47. The number of anilines is 1. The van der Waals surface area contributed by atoms with Crippen LogP contribution in [0.1, 0.15) is 37.4 Å². The van der Waals surface area contributed by atoms with Crippen LogP contribution in [0.5, 0.6) is 0 Å². The molecule has 5 nitrogen and oxygen atoms in total. The third kappa shape index (κ3) is 4.02. The first-order chi connectivity index (χ1) is 14.1. The minimum Gasteiger partial charge on any atom is -0.334 e. The molecule has 0 saturated heterocycles. The summed E-state index contributed by atoms with van der Waals surface area (Å²) in [6, 6.07) is 23.6. The molecule has 1 heterocycles. The number of carbonyl (C=O) groups is 2. The zero-order valence-corrected chi connectivity index (χ0v) is 15.8. The van der Waals surface area contributed by atoms with E-state index < -0.39 is 0 Å². The maximum absolute atomic E-state index is 12.7. The van der Waals surface area contributed by atoms with E-state index in [1.807, 2.05) is 59.5 Å². The summed E-state index contributed by atoms with van der Waals surface area (Å²) in [7, 11) is 0. The van der Waals surface area contributed by atoms with Crippen molar-refractivity contribution in [2.75, 3.05) is 11.9 Å². The Labute approximate surface area is 169 Å². The molecule has 0 saturated carbocycles. The van der Waals surface area contributed by atoms with Gasteiger partial charge in [-0.15, -0.1) is 0 Å². The van der Waals surface area contributed by atoms with Gasteiger partial charge in [-0.25, -0.2) is 0 Å². The van der Waals surface area contributed by atoms with Crippen molar-refractivity contribution in [2.24, 2.45) is 0 Å². The first-order valence-corrected chi connectivity index (χ1v) is 9.42. The third-order valence-electron chi connectivity index (χ3n) is 5.06. The first kappa shape index (κ1) is 18.5. The molecule has 0 aromatic heterocycles. The van der Waals surface area contributed by atoms with Gasteiger partial charge in [-0.2, -0.15) is 5.26 Å². The van der Waals surface area contributed by atoms with Gasteiger partial charge in [0.2, 0.25) is 0 Å². The molecule has 1 aliphatic heterocycles. The summed E-state index contributed by atoms with van der Waals surface area (Å²) >= 11 is 0. The highest BCUT2D eigenvalue weighted by atomic mass is 16.2. The quantitative estimate of drug-likeness (QED) is 0.745. The number of nitriles is 1. The highest BCUT2D eigenvalue weighted by Gasteiger charge is 2.22. The molecule has 0 spiro atoms. The fraction of sp³-hybridized carbons (Fsp3) is 0.125. The molecule has 0 aliphatic carbocycles. The second-order valence-corrected chi connectivity index (χ2v) is 6.97. The number of fused-ring (bicyclic) bond motifs is 1. The van der Waals surface area contributed by atoms with Crippen LogP contribution in [0.3, 0.4) is 0 Å². The fourth-order valence-electron chi connectivity index (χ4n) is 3.47. The van der Waals surface area contributed by atoms with Crippen LogP contribution >= 0.6 is 0 Å². The molecular formula is C24H19N3O2. The molecule has 2 amide bonds. The van der Waals surface area contributed by atoms with Crippen LogP contribution in [0.4, 0.5) is 5.69 Å². The average molecular weight is 381 g/mol. The van der Waals surface area contributed by atoms with E-state index in [9.17, 15) is 9.59 Å². The standard InChI is InChI=1S/C24H19N3O2/c25-15-17-6-8-19(9-7-17)23(28)26-22-11-10-18-12-13-27(16-21(18)14-22)24(29)20-4-2-1-3-5-20/h1-11,14H,12-13,16H2,(H,26,28). The SMILES string of the molecule is N#Cc1ccc(C(=O)Nc2ccc3c(c2)CN(C(=O)c2ccccc2)CC3)cc1. The van der Waals surface area contributed by atoms with E-state index in [0.29, 0.717) is 35.5 Å². The molecule has 0 atom stereocenters. The normalized spacial score (nSPS) is 12.6. The number of hydrogen-bond donors (Lipinski definition) is 1. The second kappa shape index (κ2) is 7.99. The Balaban J connectivity index is 1.49. The lowest BCUT2D eigenvalue weighted by Crippen LogP contribution is -2.36.